The van der Waals surface area contributed by atoms with E-state index in [2.05, 4.69) is 66.5 Å². The van der Waals surface area contributed by atoms with Gasteiger partial charge < -0.3 is 4.98 Å². The molecule has 0 amide bonds. The van der Waals surface area contributed by atoms with Gasteiger partial charge in [0.2, 0.25) is 0 Å². The van der Waals surface area contributed by atoms with Gasteiger partial charge in [0.25, 0.3) is 0 Å². The number of H-pyrrole nitrogens is 1. The first-order chi connectivity index (χ1) is 15.3. The molecule has 31 heavy (non-hydrogen) atoms. The number of aryl methyl sites for hydroxylation is 1. The van der Waals surface area contributed by atoms with Crippen LogP contribution in [0.2, 0.25) is 0 Å². The van der Waals surface area contributed by atoms with Gasteiger partial charge in [0.1, 0.15) is 5.82 Å². The predicted molar refractivity (Wildman–Crippen MR) is 126 cm³/mol. The van der Waals surface area contributed by atoms with E-state index in [1.165, 1.54) is 0 Å². The first kappa shape index (κ1) is 17.7. The van der Waals surface area contributed by atoms with Gasteiger partial charge in [0.05, 0.1) is 27.9 Å². The second kappa shape index (κ2) is 6.96. The molecule has 0 bridgehead atoms. The van der Waals surface area contributed by atoms with E-state index in [1.54, 1.807) is 0 Å². The van der Waals surface area contributed by atoms with Crippen LogP contribution in [-0.2, 0) is 0 Å². The number of aromatic nitrogens is 4. The summed E-state index contributed by atoms with van der Waals surface area (Å²) in [4.78, 5) is 8.39. The number of hydrogen-bond acceptors (Lipinski definition) is 2. The summed E-state index contributed by atoms with van der Waals surface area (Å²) in [5, 5.41) is 5.98. The van der Waals surface area contributed by atoms with Gasteiger partial charge in [-0.1, -0.05) is 60.7 Å². The molecule has 4 aromatic carbocycles. The molecule has 0 spiro atoms. The Morgan fingerprint density at radius 1 is 0.742 bits per heavy atom. The van der Waals surface area contributed by atoms with Crippen molar-refractivity contribution in [1.29, 1.82) is 0 Å². The third kappa shape index (κ3) is 2.92. The molecule has 2 heterocycles. The highest BCUT2D eigenvalue weighted by Gasteiger charge is 2.17. The largest absolute Gasteiger partial charge is 0.338 e. The van der Waals surface area contributed by atoms with Crippen LogP contribution in [0.3, 0.4) is 0 Å². The van der Waals surface area contributed by atoms with E-state index in [4.69, 9.17) is 10.1 Å². The molecule has 0 atom stereocenters. The van der Waals surface area contributed by atoms with Crippen molar-refractivity contribution in [2.24, 2.45) is 0 Å². The van der Waals surface area contributed by atoms with Crippen LogP contribution in [0, 0.1) is 6.92 Å². The van der Waals surface area contributed by atoms with Crippen LogP contribution >= 0.6 is 0 Å². The van der Waals surface area contributed by atoms with Crippen molar-refractivity contribution in [3.63, 3.8) is 0 Å². The van der Waals surface area contributed by atoms with E-state index in [0.29, 0.717) is 0 Å². The van der Waals surface area contributed by atoms with E-state index < -0.39 is 0 Å². The van der Waals surface area contributed by atoms with Crippen molar-refractivity contribution in [1.82, 2.24) is 19.7 Å². The highest BCUT2D eigenvalue weighted by Crippen LogP contribution is 2.37. The number of imidazole rings is 1. The summed E-state index contributed by atoms with van der Waals surface area (Å²) in [5.74, 6) is 0.869. The molecular weight excluding hydrogens is 380 g/mol. The van der Waals surface area contributed by atoms with Gasteiger partial charge >= 0.3 is 0 Å². The van der Waals surface area contributed by atoms with Crippen LogP contribution in [0.1, 0.15) is 5.69 Å². The van der Waals surface area contributed by atoms with Crippen LogP contribution in [0.25, 0.3) is 50.1 Å². The number of fused-ring (bicyclic) bond motifs is 2. The molecule has 6 rings (SSSR count). The van der Waals surface area contributed by atoms with Crippen LogP contribution in [-0.4, -0.2) is 19.7 Å². The summed E-state index contributed by atoms with van der Waals surface area (Å²) in [5.41, 5.74) is 8.49. The highest BCUT2D eigenvalue weighted by atomic mass is 15.3. The summed E-state index contributed by atoms with van der Waals surface area (Å²) in [6, 6.07) is 33.3. The molecule has 4 nitrogen and oxygen atoms in total. The molecular formula is C27H20N4. The van der Waals surface area contributed by atoms with E-state index in [9.17, 15) is 0 Å². The van der Waals surface area contributed by atoms with Crippen molar-refractivity contribution in [2.75, 3.05) is 0 Å². The molecule has 0 fully saturated rings. The van der Waals surface area contributed by atoms with E-state index in [0.717, 1.165) is 55.8 Å². The van der Waals surface area contributed by atoms with E-state index in [1.807, 2.05) is 47.1 Å². The molecule has 0 aliphatic heterocycles. The standard InChI is InChI=1S/C27H20N4/c1-18-21-16-23(27-28-24-14-8-9-15-25(24)29-27)22(19-10-4-2-5-11-19)17-26(21)31(30-18)20-12-6-3-7-13-20/h2-17H,1H3,(H,28,29). The minimum absolute atomic E-state index is 0.869. The van der Waals surface area contributed by atoms with E-state index in [-0.39, 0.29) is 0 Å². The summed E-state index contributed by atoms with van der Waals surface area (Å²) >= 11 is 0. The topological polar surface area (TPSA) is 46.5 Å². The second-order valence-corrected chi connectivity index (χ2v) is 7.72. The fraction of sp³-hybridized carbons (Fsp3) is 0.0370. The molecule has 148 valence electrons. The maximum atomic E-state index is 4.89. The zero-order valence-corrected chi connectivity index (χ0v) is 17.1. The lowest BCUT2D eigenvalue weighted by atomic mass is 9.97. The Bertz CT molecular complexity index is 1490. The van der Waals surface area contributed by atoms with Gasteiger partial charge in [0.15, 0.2) is 0 Å². The molecule has 0 radical (unpaired) electrons. The molecule has 0 saturated heterocycles. The smallest absolute Gasteiger partial charge is 0.139 e. The molecule has 0 saturated carbocycles. The zero-order valence-electron chi connectivity index (χ0n) is 17.1. The molecule has 0 unspecified atom stereocenters. The first-order valence-corrected chi connectivity index (χ1v) is 10.4. The zero-order chi connectivity index (χ0) is 20.8. The Kier molecular flexibility index (Phi) is 3.96. The van der Waals surface area contributed by atoms with Crippen molar-refractivity contribution < 1.29 is 0 Å². The van der Waals surface area contributed by atoms with Gasteiger partial charge in [-0.25, -0.2) is 9.67 Å². The number of para-hydroxylation sites is 3. The molecule has 0 aliphatic carbocycles. The Balaban J connectivity index is 1.67. The fourth-order valence-electron chi connectivity index (χ4n) is 4.21. The van der Waals surface area contributed by atoms with Gasteiger partial charge in [-0.2, -0.15) is 5.10 Å². The molecule has 1 N–H and O–H groups in total. The van der Waals surface area contributed by atoms with Crippen LogP contribution in [0.4, 0.5) is 0 Å². The lowest BCUT2D eigenvalue weighted by Gasteiger charge is -2.10. The van der Waals surface area contributed by atoms with Crippen molar-refractivity contribution >= 4 is 21.9 Å². The van der Waals surface area contributed by atoms with E-state index >= 15 is 0 Å². The maximum absolute atomic E-state index is 4.89. The average Bonchev–Trinajstić information content (AvgIpc) is 3.40. The van der Waals surface area contributed by atoms with Gasteiger partial charge in [-0.05, 0) is 54.4 Å². The quantitative estimate of drug-likeness (QED) is 0.366. The first-order valence-electron chi connectivity index (χ1n) is 10.4. The van der Waals surface area contributed by atoms with Gasteiger partial charge in [-0.3, -0.25) is 0 Å². The van der Waals surface area contributed by atoms with Crippen LogP contribution in [0.5, 0.6) is 0 Å². The Morgan fingerprint density at radius 3 is 2.23 bits per heavy atom. The summed E-state index contributed by atoms with van der Waals surface area (Å²) in [6.07, 6.45) is 0. The van der Waals surface area contributed by atoms with Crippen LogP contribution in [0.15, 0.2) is 97.1 Å². The molecule has 6 aromatic rings. The minimum atomic E-state index is 0.869. The number of rotatable bonds is 3. The van der Waals surface area contributed by atoms with Crippen molar-refractivity contribution in [3.8, 4) is 28.2 Å². The van der Waals surface area contributed by atoms with Crippen molar-refractivity contribution in [2.45, 2.75) is 6.92 Å². The minimum Gasteiger partial charge on any atom is -0.338 e. The SMILES string of the molecule is Cc1nn(-c2ccccc2)c2cc(-c3ccccc3)c(-c3nc4ccccc4[nH]3)cc12. The number of aromatic amines is 1. The molecule has 0 aliphatic rings. The Labute approximate surface area is 179 Å². The average molecular weight is 400 g/mol. The summed E-state index contributed by atoms with van der Waals surface area (Å²) < 4.78 is 2.03. The van der Waals surface area contributed by atoms with Gasteiger partial charge in [-0.15, -0.1) is 0 Å². The number of hydrogen-bond donors (Lipinski definition) is 1. The third-order valence-corrected chi connectivity index (χ3v) is 5.73. The van der Waals surface area contributed by atoms with Gasteiger partial charge in [0, 0.05) is 10.9 Å². The number of nitrogens with zero attached hydrogens (tertiary/aromatic N) is 3. The lowest BCUT2D eigenvalue weighted by Crippen LogP contribution is -1.96. The normalized spacial score (nSPS) is 11.4. The monoisotopic (exact) mass is 400 g/mol. The number of nitrogens with one attached hydrogen (secondary N) is 1. The molecule has 4 heteroatoms. The second-order valence-electron chi connectivity index (χ2n) is 7.72. The Morgan fingerprint density at radius 2 is 1.45 bits per heavy atom. The maximum Gasteiger partial charge on any atom is 0.139 e. The van der Waals surface area contributed by atoms with Crippen LogP contribution < -0.4 is 0 Å². The summed E-state index contributed by atoms with van der Waals surface area (Å²) in [7, 11) is 0. The fourth-order valence-corrected chi connectivity index (χ4v) is 4.21. The lowest BCUT2D eigenvalue weighted by molar-refractivity contribution is 0.889. The summed E-state index contributed by atoms with van der Waals surface area (Å²) in [6.45, 7) is 2.06. The molecule has 2 aromatic heterocycles. The number of benzene rings is 4. The van der Waals surface area contributed by atoms with Crippen molar-refractivity contribution in [3.05, 3.63) is 103 Å². The highest BCUT2D eigenvalue weighted by molar-refractivity contribution is 5.96. The predicted octanol–water partition coefficient (Wildman–Crippen LogP) is 6.54. The third-order valence-electron chi connectivity index (χ3n) is 5.73. The Hall–Kier alpha value is -4.18.